The highest BCUT2D eigenvalue weighted by molar-refractivity contribution is 9.10. The van der Waals surface area contributed by atoms with Gasteiger partial charge in [-0.05, 0) is 72.6 Å². The Bertz CT molecular complexity index is 1390. The van der Waals surface area contributed by atoms with Gasteiger partial charge in [0.25, 0.3) is 0 Å². The van der Waals surface area contributed by atoms with Gasteiger partial charge in [-0.15, -0.1) is 0 Å². The van der Waals surface area contributed by atoms with E-state index in [0.29, 0.717) is 17.2 Å². The Hall–Kier alpha value is -3.58. The van der Waals surface area contributed by atoms with Crippen molar-refractivity contribution in [3.63, 3.8) is 0 Å². The molecule has 3 aliphatic rings. The van der Waals surface area contributed by atoms with Crippen molar-refractivity contribution < 1.29 is 23.9 Å². The van der Waals surface area contributed by atoms with Crippen molar-refractivity contribution in [2.24, 2.45) is 23.7 Å². The number of hydrogen-bond donors (Lipinski definition) is 0. The zero-order chi connectivity index (χ0) is 25.7. The number of ether oxygens (including phenoxy) is 1. The Kier molecular flexibility index (Phi) is 6.03. The topological polar surface area (TPSA) is 80.8 Å². The van der Waals surface area contributed by atoms with Gasteiger partial charge < -0.3 is 4.74 Å². The highest BCUT2D eigenvalue weighted by Gasteiger charge is 2.64. The van der Waals surface area contributed by atoms with Gasteiger partial charge in [-0.1, -0.05) is 58.4 Å². The average molecular weight is 558 g/mol. The van der Waals surface area contributed by atoms with Gasteiger partial charge in [0.15, 0.2) is 12.4 Å². The Morgan fingerprint density at radius 3 is 2.16 bits per heavy atom. The number of carbonyl (C=O) groups is 4. The first-order chi connectivity index (χ1) is 17.9. The Balaban J connectivity index is 1.13. The minimum atomic E-state index is -0.642. The number of benzene rings is 3. The molecule has 37 heavy (non-hydrogen) atoms. The molecule has 1 saturated heterocycles. The van der Waals surface area contributed by atoms with Crippen molar-refractivity contribution in [1.82, 2.24) is 0 Å². The van der Waals surface area contributed by atoms with Gasteiger partial charge in [0.2, 0.25) is 11.8 Å². The number of hydrogen-bond acceptors (Lipinski definition) is 5. The van der Waals surface area contributed by atoms with Crippen LogP contribution in [0.3, 0.4) is 0 Å². The maximum absolute atomic E-state index is 13.5. The number of imide groups is 1. The molecule has 0 spiro atoms. The number of amides is 2. The van der Waals surface area contributed by atoms with Crippen LogP contribution in [-0.4, -0.2) is 30.2 Å². The van der Waals surface area contributed by atoms with Gasteiger partial charge in [0.1, 0.15) is 0 Å². The lowest BCUT2D eigenvalue weighted by Crippen LogP contribution is -2.33. The molecule has 6 nitrogen and oxygen atoms in total. The summed E-state index contributed by atoms with van der Waals surface area (Å²) in [4.78, 5) is 52.9. The zero-order valence-electron chi connectivity index (χ0n) is 19.9. The molecule has 0 N–H and O–H groups in total. The number of halogens is 1. The van der Waals surface area contributed by atoms with Crippen LogP contribution in [0.5, 0.6) is 0 Å². The van der Waals surface area contributed by atoms with E-state index in [2.05, 4.69) is 28.1 Å². The zero-order valence-corrected chi connectivity index (χ0v) is 21.5. The maximum Gasteiger partial charge on any atom is 0.338 e. The number of Topliss-reactive ketones (excluding diaryl/α,β-unsaturated/α-hetero) is 1. The molecule has 6 rings (SSSR count). The Morgan fingerprint density at radius 1 is 0.811 bits per heavy atom. The molecule has 3 aromatic carbocycles. The van der Waals surface area contributed by atoms with Gasteiger partial charge in [-0.3, -0.25) is 19.3 Å². The van der Waals surface area contributed by atoms with Crippen molar-refractivity contribution in [2.75, 3.05) is 11.5 Å². The SMILES string of the molecule is O=C(COC(=O)c1ccc(N2C(=O)[C@@H]3[C@@H]4C[C@@H]([C@@H]3C2=O)[C@@H](c2ccccc2)C4)cc1)c1ccc(Br)cc1. The highest BCUT2D eigenvalue weighted by Crippen LogP contribution is 2.61. The van der Waals surface area contributed by atoms with E-state index in [9.17, 15) is 19.2 Å². The first-order valence-corrected chi connectivity index (χ1v) is 13.2. The van der Waals surface area contributed by atoms with Crippen LogP contribution in [0.4, 0.5) is 5.69 Å². The summed E-state index contributed by atoms with van der Waals surface area (Å²) >= 11 is 3.32. The van der Waals surface area contributed by atoms with Crippen LogP contribution in [0, 0.1) is 23.7 Å². The lowest BCUT2D eigenvalue weighted by molar-refractivity contribution is -0.123. The van der Waals surface area contributed by atoms with Crippen LogP contribution in [0.15, 0.2) is 83.3 Å². The molecule has 2 amide bonds. The number of fused-ring (bicyclic) bond motifs is 5. The van der Waals surface area contributed by atoms with Gasteiger partial charge in [0, 0.05) is 10.0 Å². The fourth-order valence-corrected chi connectivity index (χ4v) is 6.74. The van der Waals surface area contributed by atoms with Gasteiger partial charge in [-0.2, -0.15) is 0 Å². The van der Waals surface area contributed by atoms with E-state index >= 15 is 0 Å². The normalized spacial score (nSPS) is 25.9. The second kappa shape index (κ2) is 9.38. The molecule has 2 bridgehead atoms. The molecule has 1 heterocycles. The maximum atomic E-state index is 13.5. The fraction of sp³-hybridized carbons (Fsp3) is 0.267. The lowest BCUT2D eigenvalue weighted by atomic mass is 9.73. The number of anilines is 1. The summed E-state index contributed by atoms with van der Waals surface area (Å²) in [5, 5.41) is 0. The molecular formula is C30H24BrNO5. The summed E-state index contributed by atoms with van der Waals surface area (Å²) in [5.74, 6) is -1.06. The molecule has 3 aromatic rings. The van der Waals surface area contributed by atoms with E-state index in [0.717, 1.165) is 17.3 Å². The highest BCUT2D eigenvalue weighted by atomic mass is 79.9. The van der Waals surface area contributed by atoms with E-state index < -0.39 is 5.97 Å². The molecule has 186 valence electrons. The quantitative estimate of drug-likeness (QED) is 0.230. The van der Waals surface area contributed by atoms with E-state index in [-0.39, 0.29) is 53.4 Å². The summed E-state index contributed by atoms with van der Waals surface area (Å²) in [6.45, 7) is -0.375. The Morgan fingerprint density at radius 2 is 1.46 bits per heavy atom. The third-order valence-corrected chi connectivity index (χ3v) is 8.63. The summed E-state index contributed by atoms with van der Waals surface area (Å²) in [6.07, 6.45) is 1.86. The monoisotopic (exact) mass is 557 g/mol. The summed E-state index contributed by atoms with van der Waals surface area (Å²) in [7, 11) is 0. The number of ketones is 1. The molecule has 3 fully saturated rings. The smallest absolute Gasteiger partial charge is 0.338 e. The van der Waals surface area contributed by atoms with E-state index in [1.54, 1.807) is 36.4 Å². The second-order valence-electron chi connectivity index (χ2n) is 10.0. The fourth-order valence-electron chi connectivity index (χ4n) is 6.48. The Labute approximate surface area is 222 Å². The third-order valence-electron chi connectivity index (χ3n) is 8.11. The van der Waals surface area contributed by atoms with Crippen LogP contribution in [-0.2, 0) is 14.3 Å². The molecule has 2 saturated carbocycles. The van der Waals surface area contributed by atoms with Crippen molar-refractivity contribution in [1.29, 1.82) is 0 Å². The van der Waals surface area contributed by atoms with Crippen LogP contribution < -0.4 is 4.90 Å². The second-order valence-corrected chi connectivity index (χ2v) is 10.9. The van der Waals surface area contributed by atoms with Crippen LogP contribution >= 0.6 is 15.9 Å². The molecule has 0 aromatic heterocycles. The minimum Gasteiger partial charge on any atom is -0.454 e. The molecule has 1 aliphatic heterocycles. The number of carbonyl (C=O) groups excluding carboxylic acids is 4. The van der Waals surface area contributed by atoms with Crippen molar-refractivity contribution in [3.05, 3.63) is 100 Å². The predicted octanol–water partition coefficient (Wildman–Crippen LogP) is 5.42. The molecule has 7 heteroatoms. The van der Waals surface area contributed by atoms with Crippen LogP contribution in [0.25, 0.3) is 0 Å². The summed E-state index contributed by atoms with van der Waals surface area (Å²) in [6, 6.07) is 23.3. The van der Waals surface area contributed by atoms with Crippen molar-refractivity contribution in [2.45, 2.75) is 18.8 Å². The first-order valence-electron chi connectivity index (χ1n) is 12.4. The summed E-state index contributed by atoms with van der Waals surface area (Å²) < 4.78 is 6.04. The van der Waals surface area contributed by atoms with E-state index in [1.807, 2.05) is 18.2 Å². The lowest BCUT2D eigenvalue weighted by Gasteiger charge is -2.28. The van der Waals surface area contributed by atoms with Crippen LogP contribution in [0.2, 0.25) is 0 Å². The minimum absolute atomic E-state index is 0.135. The van der Waals surface area contributed by atoms with Gasteiger partial charge in [-0.25, -0.2) is 4.79 Å². The number of esters is 1. The van der Waals surface area contributed by atoms with Gasteiger partial charge in [0.05, 0.1) is 23.1 Å². The summed E-state index contributed by atoms with van der Waals surface area (Å²) in [5.41, 5.74) is 2.40. The van der Waals surface area contributed by atoms with Crippen molar-refractivity contribution >= 4 is 45.2 Å². The van der Waals surface area contributed by atoms with E-state index in [1.165, 1.54) is 22.6 Å². The molecular weight excluding hydrogens is 534 g/mol. The molecule has 2 aliphatic carbocycles. The third kappa shape index (κ3) is 4.11. The molecule has 0 unspecified atom stereocenters. The number of nitrogens with zero attached hydrogens (tertiary/aromatic N) is 1. The standard InChI is InChI=1S/C30H24BrNO5/c31-21-10-6-18(7-11-21)25(33)16-37-30(36)19-8-12-22(13-9-19)32-28(34)26-20-14-23(17-4-2-1-3-5-17)24(15-20)27(26)29(32)35/h1-13,20,23-24,26-27H,14-16H2/t20-,23+,24+,26+,27-/m0/s1. The largest absolute Gasteiger partial charge is 0.454 e. The number of rotatable bonds is 6. The molecule has 0 radical (unpaired) electrons. The average Bonchev–Trinajstić information content (AvgIpc) is 3.59. The van der Waals surface area contributed by atoms with Crippen molar-refractivity contribution in [3.8, 4) is 0 Å². The van der Waals surface area contributed by atoms with E-state index in [4.69, 9.17) is 4.74 Å². The first kappa shape index (κ1) is 23.8. The van der Waals surface area contributed by atoms with Gasteiger partial charge >= 0.3 is 5.97 Å². The predicted molar refractivity (Wildman–Crippen MR) is 140 cm³/mol. The van der Waals surface area contributed by atoms with Crippen LogP contribution in [0.1, 0.15) is 45.0 Å². The molecule has 5 atom stereocenters.